The molecule has 2 rings (SSSR count). The van der Waals surface area contributed by atoms with Crippen molar-refractivity contribution in [1.82, 2.24) is 0 Å². The summed E-state index contributed by atoms with van der Waals surface area (Å²) in [5.41, 5.74) is 1.95. The van der Waals surface area contributed by atoms with Gasteiger partial charge in [0.1, 0.15) is 0 Å². The largest absolute Gasteiger partial charge is 0.462 e. The van der Waals surface area contributed by atoms with E-state index in [1.54, 1.807) is 12.1 Å². The highest BCUT2D eigenvalue weighted by molar-refractivity contribution is 5.89. The molecule has 1 aromatic carbocycles. The van der Waals surface area contributed by atoms with E-state index < -0.39 is 0 Å². The first-order chi connectivity index (χ1) is 9.15. The van der Waals surface area contributed by atoms with Crippen molar-refractivity contribution in [1.29, 1.82) is 0 Å². The molecule has 1 saturated carbocycles. The van der Waals surface area contributed by atoms with E-state index in [4.69, 9.17) is 4.74 Å². The van der Waals surface area contributed by atoms with Gasteiger partial charge in [0.2, 0.25) is 0 Å². The fourth-order valence-corrected chi connectivity index (χ4v) is 2.20. The number of carbonyl (C=O) groups excluding carboxylic acids is 1. The number of benzene rings is 1. The molecule has 1 N–H and O–H groups in total. The molecule has 1 fully saturated rings. The number of esters is 1. The number of carbonyl (C=O) groups is 1. The Hall–Kier alpha value is -1.35. The molecular formula is C16H22O3. The Morgan fingerprint density at radius 1 is 1.26 bits per heavy atom. The van der Waals surface area contributed by atoms with Crippen molar-refractivity contribution in [2.75, 3.05) is 13.2 Å². The van der Waals surface area contributed by atoms with Crippen molar-refractivity contribution in [3.63, 3.8) is 0 Å². The van der Waals surface area contributed by atoms with Crippen molar-refractivity contribution in [2.24, 2.45) is 5.41 Å². The van der Waals surface area contributed by atoms with Crippen LogP contribution >= 0.6 is 0 Å². The van der Waals surface area contributed by atoms with Gasteiger partial charge in [0.25, 0.3) is 0 Å². The number of hydrogen-bond acceptors (Lipinski definition) is 3. The Balaban J connectivity index is 1.63. The fraction of sp³-hybridized carbons (Fsp3) is 0.562. The summed E-state index contributed by atoms with van der Waals surface area (Å²) < 4.78 is 5.24. The lowest BCUT2D eigenvalue weighted by atomic mass is 10.0. The molecule has 3 heteroatoms. The van der Waals surface area contributed by atoms with Crippen molar-refractivity contribution in [3.8, 4) is 0 Å². The minimum Gasteiger partial charge on any atom is -0.462 e. The van der Waals surface area contributed by atoms with Gasteiger partial charge in [0.15, 0.2) is 0 Å². The van der Waals surface area contributed by atoms with E-state index in [2.05, 4.69) is 0 Å². The summed E-state index contributed by atoms with van der Waals surface area (Å²) in [5, 5.41) is 9.19. The minimum atomic E-state index is -0.247. The third kappa shape index (κ3) is 4.06. The summed E-state index contributed by atoms with van der Waals surface area (Å²) >= 11 is 0. The first-order valence-corrected chi connectivity index (χ1v) is 7.00. The van der Waals surface area contributed by atoms with Crippen LogP contribution in [-0.2, 0) is 4.74 Å². The van der Waals surface area contributed by atoms with Gasteiger partial charge >= 0.3 is 5.97 Å². The van der Waals surface area contributed by atoms with E-state index in [1.807, 2.05) is 19.1 Å². The normalized spacial score (nSPS) is 16.1. The molecular weight excluding hydrogens is 240 g/mol. The zero-order valence-electron chi connectivity index (χ0n) is 11.5. The molecule has 0 heterocycles. The molecule has 104 valence electrons. The smallest absolute Gasteiger partial charge is 0.338 e. The van der Waals surface area contributed by atoms with Gasteiger partial charge in [-0.2, -0.15) is 0 Å². The molecule has 0 saturated heterocycles. The van der Waals surface area contributed by atoms with Crippen LogP contribution in [0.2, 0.25) is 0 Å². The van der Waals surface area contributed by atoms with Crippen molar-refractivity contribution >= 4 is 5.97 Å². The average molecular weight is 262 g/mol. The maximum atomic E-state index is 11.7. The second-order valence-corrected chi connectivity index (χ2v) is 5.62. The van der Waals surface area contributed by atoms with Gasteiger partial charge in [-0.1, -0.05) is 17.7 Å². The van der Waals surface area contributed by atoms with Gasteiger partial charge in [-0.15, -0.1) is 0 Å². The Bertz CT molecular complexity index is 418. The van der Waals surface area contributed by atoms with E-state index in [-0.39, 0.29) is 11.4 Å². The number of unbranched alkanes of at least 4 members (excludes halogenated alkanes) is 1. The Morgan fingerprint density at radius 3 is 2.53 bits per heavy atom. The SMILES string of the molecule is Cc1ccc(C(=O)OCCCCC2(CO)CC2)cc1. The first-order valence-electron chi connectivity index (χ1n) is 7.00. The third-order valence-electron chi connectivity index (χ3n) is 3.91. The predicted octanol–water partition coefficient (Wildman–Crippen LogP) is 3.09. The highest BCUT2D eigenvalue weighted by Gasteiger charge is 2.40. The van der Waals surface area contributed by atoms with Gasteiger partial charge in [-0.05, 0) is 56.6 Å². The molecule has 0 atom stereocenters. The predicted molar refractivity (Wildman–Crippen MR) is 74.1 cm³/mol. The van der Waals surface area contributed by atoms with Crippen molar-refractivity contribution < 1.29 is 14.6 Å². The van der Waals surface area contributed by atoms with Crippen molar-refractivity contribution in [2.45, 2.75) is 39.0 Å². The molecule has 0 aromatic heterocycles. The van der Waals surface area contributed by atoms with E-state index >= 15 is 0 Å². The second kappa shape index (κ2) is 6.20. The Morgan fingerprint density at radius 2 is 1.95 bits per heavy atom. The van der Waals surface area contributed by atoms with Crippen LogP contribution in [0.1, 0.15) is 48.0 Å². The minimum absolute atomic E-state index is 0.209. The molecule has 1 aliphatic rings. The summed E-state index contributed by atoms with van der Waals surface area (Å²) in [6.07, 6.45) is 5.23. The number of ether oxygens (including phenoxy) is 1. The quantitative estimate of drug-likeness (QED) is 0.606. The van der Waals surface area contributed by atoms with E-state index in [0.717, 1.165) is 37.7 Å². The summed E-state index contributed by atoms with van der Waals surface area (Å²) in [5.74, 6) is -0.247. The van der Waals surface area contributed by atoms with Crippen LogP contribution in [0.5, 0.6) is 0 Å². The zero-order valence-corrected chi connectivity index (χ0v) is 11.5. The number of hydrogen-bond donors (Lipinski definition) is 1. The van der Waals surface area contributed by atoms with E-state index in [0.29, 0.717) is 18.8 Å². The summed E-state index contributed by atoms with van der Waals surface area (Å²) in [7, 11) is 0. The van der Waals surface area contributed by atoms with E-state index in [1.165, 1.54) is 0 Å². The maximum Gasteiger partial charge on any atom is 0.338 e. The van der Waals surface area contributed by atoms with Gasteiger partial charge in [0.05, 0.1) is 12.2 Å². The average Bonchev–Trinajstić information content (AvgIpc) is 3.19. The molecule has 1 aromatic rings. The number of aryl methyl sites for hydroxylation is 1. The van der Waals surface area contributed by atoms with Crippen LogP contribution in [-0.4, -0.2) is 24.3 Å². The lowest BCUT2D eigenvalue weighted by molar-refractivity contribution is 0.0494. The Kier molecular flexibility index (Phi) is 4.59. The van der Waals surface area contributed by atoms with Crippen LogP contribution < -0.4 is 0 Å². The van der Waals surface area contributed by atoms with Gasteiger partial charge in [0, 0.05) is 6.61 Å². The van der Waals surface area contributed by atoms with Crippen LogP contribution in [0, 0.1) is 12.3 Å². The standard InChI is InChI=1S/C16H22O3/c1-13-4-6-14(7-5-13)15(18)19-11-3-2-8-16(12-17)9-10-16/h4-7,17H,2-3,8-12H2,1H3. The molecule has 0 aliphatic heterocycles. The highest BCUT2D eigenvalue weighted by Crippen LogP contribution is 2.49. The Labute approximate surface area is 114 Å². The number of aliphatic hydroxyl groups is 1. The zero-order chi connectivity index (χ0) is 13.7. The first kappa shape index (κ1) is 14.1. The molecule has 0 spiro atoms. The lowest BCUT2D eigenvalue weighted by Crippen LogP contribution is -2.09. The maximum absolute atomic E-state index is 11.7. The molecule has 0 bridgehead atoms. The fourth-order valence-electron chi connectivity index (χ4n) is 2.20. The summed E-state index contributed by atoms with van der Waals surface area (Å²) in [4.78, 5) is 11.7. The lowest BCUT2D eigenvalue weighted by Gasteiger charge is -2.10. The number of aliphatic hydroxyl groups excluding tert-OH is 1. The van der Waals surface area contributed by atoms with E-state index in [9.17, 15) is 9.90 Å². The molecule has 0 unspecified atom stereocenters. The molecule has 0 radical (unpaired) electrons. The molecule has 0 amide bonds. The molecule has 19 heavy (non-hydrogen) atoms. The summed E-state index contributed by atoms with van der Waals surface area (Å²) in [6.45, 7) is 2.76. The number of rotatable bonds is 7. The highest BCUT2D eigenvalue weighted by atomic mass is 16.5. The topological polar surface area (TPSA) is 46.5 Å². The van der Waals surface area contributed by atoms with Gasteiger partial charge < -0.3 is 9.84 Å². The molecule has 1 aliphatic carbocycles. The summed E-state index contributed by atoms with van der Waals surface area (Å²) in [6, 6.07) is 7.41. The monoisotopic (exact) mass is 262 g/mol. The van der Waals surface area contributed by atoms with Gasteiger partial charge in [-0.25, -0.2) is 4.79 Å². The van der Waals surface area contributed by atoms with Gasteiger partial charge in [-0.3, -0.25) is 0 Å². The van der Waals surface area contributed by atoms with Crippen LogP contribution in [0.3, 0.4) is 0 Å². The van der Waals surface area contributed by atoms with Crippen LogP contribution in [0.4, 0.5) is 0 Å². The van der Waals surface area contributed by atoms with Crippen molar-refractivity contribution in [3.05, 3.63) is 35.4 Å². The third-order valence-corrected chi connectivity index (χ3v) is 3.91. The van der Waals surface area contributed by atoms with Crippen LogP contribution in [0.25, 0.3) is 0 Å². The second-order valence-electron chi connectivity index (χ2n) is 5.62. The van der Waals surface area contributed by atoms with Crippen LogP contribution in [0.15, 0.2) is 24.3 Å². The molecule has 3 nitrogen and oxygen atoms in total.